The van der Waals surface area contributed by atoms with E-state index in [0.29, 0.717) is 26.1 Å². The van der Waals surface area contributed by atoms with Crippen molar-refractivity contribution in [3.8, 4) is 0 Å². The predicted octanol–water partition coefficient (Wildman–Crippen LogP) is 1.74. The maximum atomic E-state index is 10.5. The molecule has 0 aliphatic heterocycles. The molecule has 0 aromatic heterocycles. The summed E-state index contributed by atoms with van der Waals surface area (Å²) in [4.78, 5) is 21.0. The standard InChI is InChI=1S/C10H18O3/c1-9(11)5-3-7-13-8-4-6-10(2)12/h3-8H2,1-2H3. The Labute approximate surface area is 79.5 Å². The lowest BCUT2D eigenvalue weighted by Gasteiger charge is -2.01. The van der Waals surface area contributed by atoms with Crippen LogP contribution in [0.25, 0.3) is 0 Å². The van der Waals surface area contributed by atoms with Crippen LogP contribution in [-0.2, 0) is 14.3 Å². The molecule has 0 aliphatic rings. The van der Waals surface area contributed by atoms with Crippen LogP contribution in [0, 0.1) is 0 Å². The smallest absolute Gasteiger partial charge is 0.129 e. The highest BCUT2D eigenvalue weighted by Gasteiger charge is 1.95. The van der Waals surface area contributed by atoms with Gasteiger partial charge in [0.25, 0.3) is 0 Å². The summed E-state index contributed by atoms with van der Waals surface area (Å²) < 4.78 is 5.23. The van der Waals surface area contributed by atoms with Gasteiger partial charge in [0.15, 0.2) is 0 Å². The van der Waals surface area contributed by atoms with Crippen molar-refractivity contribution < 1.29 is 14.3 Å². The third kappa shape index (κ3) is 11.3. The normalized spacial score (nSPS) is 10.0. The molecule has 0 heterocycles. The Morgan fingerprint density at radius 3 is 1.62 bits per heavy atom. The van der Waals surface area contributed by atoms with Gasteiger partial charge in [-0.2, -0.15) is 0 Å². The second-order valence-electron chi connectivity index (χ2n) is 3.22. The van der Waals surface area contributed by atoms with Crippen LogP contribution >= 0.6 is 0 Å². The summed E-state index contributed by atoms with van der Waals surface area (Å²) in [6.07, 6.45) is 2.75. The molecule has 0 radical (unpaired) electrons. The summed E-state index contributed by atoms with van der Waals surface area (Å²) in [6.45, 7) is 4.40. The van der Waals surface area contributed by atoms with Crippen molar-refractivity contribution in [1.82, 2.24) is 0 Å². The van der Waals surface area contributed by atoms with E-state index >= 15 is 0 Å². The fraction of sp³-hybridized carbons (Fsp3) is 0.800. The van der Waals surface area contributed by atoms with E-state index in [4.69, 9.17) is 4.74 Å². The third-order valence-corrected chi connectivity index (χ3v) is 1.64. The van der Waals surface area contributed by atoms with Gasteiger partial charge >= 0.3 is 0 Å². The Balaban J connectivity index is 3.00. The minimum atomic E-state index is 0.201. The van der Waals surface area contributed by atoms with E-state index in [1.54, 1.807) is 13.8 Å². The molecular formula is C10H18O3. The van der Waals surface area contributed by atoms with Crippen LogP contribution in [0.2, 0.25) is 0 Å². The summed E-state index contributed by atoms with van der Waals surface area (Å²) in [5.74, 6) is 0.402. The molecule has 76 valence electrons. The highest BCUT2D eigenvalue weighted by atomic mass is 16.5. The lowest BCUT2D eigenvalue weighted by atomic mass is 10.2. The van der Waals surface area contributed by atoms with Crippen molar-refractivity contribution in [3.63, 3.8) is 0 Å². The molecule has 3 nitrogen and oxygen atoms in total. The molecule has 0 aliphatic carbocycles. The van der Waals surface area contributed by atoms with Crippen LogP contribution in [-0.4, -0.2) is 24.8 Å². The van der Waals surface area contributed by atoms with E-state index in [-0.39, 0.29) is 11.6 Å². The van der Waals surface area contributed by atoms with Crippen molar-refractivity contribution in [1.29, 1.82) is 0 Å². The number of ether oxygens (including phenoxy) is 1. The Hall–Kier alpha value is -0.700. The predicted molar refractivity (Wildman–Crippen MR) is 50.6 cm³/mol. The molecule has 0 saturated carbocycles. The monoisotopic (exact) mass is 186 g/mol. The highest BCUT2D eigenvalue weighted by Crippen LogP contribution is 1.95. The average molecular weight is 186 g/mol. The largest absolute Gasteiger partial charge is 0.381 e. The van der Waals surface area contributed by atoms with Gasteiger partial charge < -0.3 is 14.3 Å². The van der Waals surface area contributed by atoms with E-state index in [1.807, 2.05) is 0 Å². The zero-order valence-corrected chi connectivity index (χ0v) is 8.47. The van der Waals surface area contributed by atoms with E-state index in [2.05, 4.69) is 0 Å². The molecule has 0 rings (SSSR count). The molecule has 0 unspecified atom stereocenters. The molecule has 0 saturated heterocycles. The van der Waals surface area contributed by atoms with Crippen molar-refractivity contribution >= 4 is 11.6 Å². The molecule has 0 aromatic carbocycles. The van der Waals surface area contributed by atoms with Gasteiger partial charge in [0, 0.05) is 26.1 Å². The maximum absolute atomic E-state index is 10.5. The van der Waals surface area contributed by atoms with Crippen LogP contribution in [0.4, 0.5) is 0 Å². The fourth-order valence-corrected chi connectivity index (χ4v) is 0.948. The van der Waals surface area contributed by atoms with Crippen molar-refractivity contribution in [3.05, 3.63) is 0 Å². The Kier molecular flexibility index (Phi) is 7.50. The Morgan fingerprint density at radius 1 is 0.923 bits per heavy atom. The number of hydrogen-bond donors (Lipinski definition) is 0. The molecule has 3 heteroatoms. The van der Waals surface area contributed by atoms with Gasteiger partial charge in [-0.3, -0.25) is 0 Å². The SMILES string of the molecule is CC(=O)CCCOCCCC(C)=O. The average Bonchev–Trinajstić information content (AvgIpc) is 2.01. The summed E-state index contributed by atoms with van der Waals surface area (Å²) in [7, 11) is 0. The lowest BCUT2D eigenvalue weighted by Crippen LogP contribution is -2.01. The number of carbonyl (C=O) groups excluding carboxylic acids is 2. The lowest BCUT2D eigenvalue weighted by molar-refractivity contribution is -0.117. The maximum Gasteiger partial charge on any atom is 0.129 e. The zero-order chi connectivity index (χ0) is 10.1. The molecule has 0 N–H and O–H groups in total. The summed E-state index contributed by atoms with van der Waals surface area (Å²) >= 11 is 0. The summed E-state index contributed by atoms with van der Waals surface area (Å²) in [5.41, 5.74) is 0. The summed E-state index contributed by atoms with van der Waals surface area (Å²) in [6, 6.07) is 0. The molecule has 0 aromatic rings. The molecule has 13 heavy (non-hydrogen) atoms. The number of carbonyl (C=O) groups is 2. The van der Waals surface area contributed by atoms with E-state index < -0.39 is 0 Å². The van der Waals surface area contributed by atoms with E-state index in [1.165, 1.54) is 0 Å². The molecule has 0 bridgehead atoms. The number of Topliss-reactive ketones (excluding diaryl/α,β-unsaturated/α-hetero) is 2. The van der Waals surface area contributed by atoms with Crippen LogP contribution in [0.5, 0.6) is 0 Å². The van der Waals surface area contributed by atoms with E-state index in [0.717, 1.165) is 12.8 Å². The summed E-state index contributed by atoms with van der Waals surface area (Å²) in [5, 5.41) is 0. The van der Waals surface area contributed by atoms with Gasteiger partial charge in [-0.15, -0.1) is 0 Å². The van der Waals surface area contributed by atoms with Gasteiger partial charge in [0.05, 0.1) is 0 Å². The first-order chi connectivity index (χ1) is 6.13. The quantitative estimate of drug-likeness (QED) is 0.542. The molecule has 0 atom stereocenters. The van der Waals surface area contributed by atoms with E-state index in [9.17, 15) is 9.59 Å². The van der Waals surface area contributed by atoms with Gasteiger partial charge in [-0.1, -0.05) is 0 Å². The number of rotatable bonds is 8. The second kappa shape index (κ2) is 7.92. The topological polar surface area (TPSA) is 43.4 Å². The second-order valence-corrected chi connectivity index (χ2v) is 3.22. The van der Waals surface area contributed by atoms with Gasteiger partial charge in [-0.05, 0) is 26.7 Å². The Morgan fingerprint density at radius 2 is 1.31 bits per heavy atom. The van der Waals surface area contributed by atoms with Crippen molar-refractivity contribution in [2.45, 2.75) is 39.5 Å². The van der Waals surface area contributed by atoms with Crippen molar-refractivity contribution in [2.24, 2.45) is 0 Å². The molecule has 0 spiro atoms. The first-order valence-electron chi connectivity index (χ1n) is 4.69. The minimum Gasteiger partial charge on any atom is -0.381 e. The molecular weight excluding hydrogens is 168 g/mol. The van der Waals surface area contributed by atoms with Gasteiger partial charge in [0.2, 0.25) is 0 Å². The molecule has 0 fully saturated rings. The van der Waals surface area contributed by atoms with Gasteiger partial charge in [0.1, 0.15) is 11.6 Å². The minimum absolute atomic E-state index is 0.201. The van der Waals surface area contributed by atoms with Crippen LogP contribution in [0.15, 0.2) is 0 Å². The number of ketones is 2. The zero-order valence-electron chi connectivity index (χ0n) is 8.47. The van der Waals surface area contributed by atoms with Crippen LogP contribution in [0.3, 0.4) is 0 Å². The first-order valence-corrected chi connectivity index (χ1v) is 4.69. The fourth-order valence-electron chi connectivity index (χ4n) is 0.948. The van der Waals surface area contributed by atoms with Gasteiger partial charge in [-0.25, -0.2) is 0 Å². The molecule has 0 amide bonds. The first kappa shape index (κ1) is 12.3. The Bertz CT molecular complexity index is 146. The number of hydrogen-bond acceptors (Lipinski definition) is 3. The highest BCUT2D eigenvalue weighted by molar-refractivity contribution is 5.75. The van der Waals surface area contributed by atoms with Crippen LogP contribution in [0.1, 0.15) is 39.5 Å². The third-order valence-electron chi connectivity index (χ3n) is 1.64. The van der Waals surface area contributed by atoms with Crippen LogP contribution < -0.4 is 0 Å². The van der Waals surface area contributed by atoms with Crippen molar-refractivity contribution in [2.75, 3.05) is 13.2 Å².